The highest BCUT2D eigenvalue weighted by atomic mass is 16.5. The number of hydrazone groups is 1. The summed E-state index contributed by atoms with van der Waals surface area (Å²) in [5, 5.41) is 19.2. The third kappa shape index (κ3) is 6.11. The maximum Gasteiger partial charge on any atom is 0.289 e. The Balaban J connectivity index is 1.65. The van der Waals surface area contributed by atoms with E-state index in [1.807, 2.05) is 43.3 Å². The molecule has 0 atom stereocenters. The second-order valence-corrected chi connectivity index (χ2v) is 10.4. The van der Waals surface area contributed by atoms with E-state index in [1.165, 1.54) is 5.56 Å². The van der Waals surface area contributed by atoms with Gasteiger partial charge in [0.2, 0.25) is 0 Å². The third-order valence-corrected chi connectivity index (χ3v) is 6.42. The van der Waals surface area contributed by atoms with Gasteiger partial charge in [0.05, 0.1) is 25.1 Å². The lowest BCUT2D eigenvalue weighted by Gasteiger charge is -2.19. The summed E-state index contributed by atoms with van der Waals surface area (Å²) in [5.41, 5.74) is 8.92. The fourth-order valence-corrected chi connectivity index (χ4v) is 4.10. The Kier molecular flexibility index (Phi) is 7.67. The SMILES string of the molecule is COc1ccc(-c2cc(C(=O)N/N=C(\C)c3cc(C)ccc3O)n(Cc3ccc(C(C)(C)C)cc3)n2)cc1. The van der Waals surface area contributed by atoms with Gasteiger partial charge in [0.1, 0.15) is 17.2 Å². The molecule has 4 aromatic rings. The molecule has 0 aliphatic heterocycles. The van der Waals surface area contributed by atoms with E-state index >= 15 is 0 Å². The van der Waals surface area contributed by atoms with Crippen molar-refractivity contribution in [3.05, 3.63) is 101 Å². The fourth-order valence-electron chi connectivity index (χ4n) is 4.10. The number of aromatic nitrogens is 2. The molecule has 7 heteroatoms. The Morgan fingerprint density at radius 3 is 2.34 bits per heavy atom. The van der Waals surface area contributed by atoms with E-state index in [-0.39, 0.29) is 11.2 Å². The maximum absolute atomic E-state index is 13.3. The number of aromatic hydroxyl groups is 1. The van der Waals surface area contributed by atoms with Crippen molar-refractivity contribution in [2.45, 2.75) is 46.6 Å². The number of nitrogens with zero attached hydrogens (tertiary/aromatic N) is 3. The van der Waals surface area contributed by atoms with Crippen LogP contribution in [0.3, 0.4) is 0 Å². The van der Waals surface area contributed by atoms with Crippen LogP contribution in [0.15, 0.2) is 77.9 Å². The van der Waals surface area contributed by atoms with Gasteiger partial charge in [0.15, 0.2) is 0 Å². The normalized spacial score (nSPS) is 11.9. The monoisotopic (exact) mass is 510 g/mol. The second-order valence-electron chi connectivity index (χ2n) is 10.4. The quantitative estimate of drug-likeness (QED) is 0.233. The van der Waals surface area contributed by atoms with Crippen LogP contribution in [0.25, 0.3) is 11.3 Å². The molecule has 38 heavy (non-hydrogen) atoms. The molecule has 0 aliphatic rings. The molecule has 3 aromatic carbocycles. The van der Waals surface area contributed by atoms with Crippen LogP contribution in [-0.2, 0) is 12.0 Å². The van der Waals surface area contributed by atoms with E-state index in [0.29, 0.717) is 29.2 Å². The molecule has 1 amide bonds. The number of phenols is 1. The predicted octanol–water partition coefficient (Wildman–Crippen LogP) is 6.07. The van der Waals surface area contributed by atoms with Crippen molar-refractivity contribution >= 4 is 11.6 Å². The number of carbonyl (C=O) groups is 1. The summed E-state index contributed by atoms with van der Waals surface area (Å²) in [7, 11) is 1.62. The molecular weight excluding hydrogens is 476 g/mol. The van der Waals surface area contributed by atoms with Gasteiger partial charge in [-0.25, -0.2) is 5.43 Å². The topological polar surface area (TPSA) is 88.7 Å². The number of rotatable bonds is 7. The van der Waals surface area contributed by atoms with Crippen LogP contribution in [0.1, 0.15) is 60.4 Å². The van der Waals surface area contributed by atoms with Gasteiger partial charge >= 0.3 is 0 Å². The van der Waals surface area contributed by atoms with Crippen molar-refractivity contribution in [2.24, 2.45) is 5.10 Å². The van der Waals surface area contributed by atoms with Crippen molar-refractivity contribution in [3.63, 3.8) is 0 Å². The fraction of sp³-hybridized carbons (Fsp3) is 0.258. The highest BCUT2D eigenvalue weighted by molar-refractivity contribution is 6.02. The summed E-state index contributed by atoms with van der Waals surface area (Å²) in [5.74, 6) is 0.459. The van der Waals surface area contributed by atoms with Crippen molar-refractivity contribution in [1.82, 2.24) is 15.2 Å². The summed E-state index contributed by atoms with van der Waals surface area (Å²) >= 11 is 0. The van der Waals surface area contributed by atoms with Gasteiger partial charge in [-0.1, -0.05) is 56.7 Å². The number of aryl methyl sites for hydroxylation is 1. The molecule has 0 saturated carbocycles. The number of ether oxygens (including phenoxy) is 1. The van der Waals surface area contributed by atoms with Crippen LogP contribution in [0, 0.1) is 6.92 Å². The molecule has 1 heterocycles. The largest absolute Gasteiger partial charge is 0.507 e. The molecule has 0 unspecified atom stereocenters. The zero-order valence-corrected chi connectivity index (χ0v) is 22.7. The van der Waals surface area contributed by atoms with E-state index in [1.54, 1.807) is 30.8 Å². The van der Waals surface area contributed by atoms with Gasteiger partial charge in [-0.15, -0.1) is 0 Å². The van der Waals surface area contributed by atoms with Crippen molar-refractivity contribution < 1.29 is 14.6 Å². The Bertz CT molecular complexity index is 1460. The number of hydrogen-bond acceptors (Lipinski definition) is 5. The Morgan fingerprint density at radius 2 is 1.71 bits per heavy atom. The van der Waals surface area contributed by atoms with E-state index < -0.39 is 5.91 Å². The lowest BCUT2D eigenvalue weighted by atomic mass is 9.87. The van der Waals surface area contributed by atoms with Crippen LogP contribution in [0.2, 0.25) is 0 Å². The molecule has 0 spiro atoms. The van der Waals surface area contributed by atoms with Crippen molar-refractivity contribution in [2.75, 3.05) is 7.11 Å². The first-order valence-electron chi connectivity index (χ1n) is 12.5. The molecule has 0 saturated heterocycles. The third-order valence-electron chi connectivity index (χ3n) is 6.42. The van der Waals surface area contributed by atoms with E-state index in [4.69, 9.17) is 9.84 Å². The summed E-state index contributed by atoms with van der Waals surface area (Å²) < 4.78 is 6.96. The Morgan fingerprint density at radius 1 is 1.03 bits per heavy atom. The minimum Gasteiger partial charge on any atom is -0.507 e. The molecule has 0 fully saturated rings. The average Bonchev–Trinajstić information content (AvgIpc) is 3.32. The smallest absolute Gasteiger partial charge is 0.289 e. The molecule has 0 aliphatic carbocycles. The first kappa shape index (κ1) is 26.7. The number of hydrogen-bond donors (Lipinski definition) is 2. The molecule has 1 aromatic heterocycles. The first-order chi connectivity index (χ1) is 18.0. The van der Waals surface area contributed by atoms with Crippen LogP contribution in [0.5, 0.6) is 11.5 Å². The molecule has 7 nitrogen and oxygen atoms in total. The lowest BCUT2D eigenvalue weighted by Crippen LogP contribution is -2.23. The minimum absolute atomic E-state index is 0.0540. The van der Waals surface area contributed by atoms with Gasteiger partial charge in [0, 0.05) is 11.1 Å². The molecule has 196 valence electrons. The number of amides is 1. The van der Waals surface area contributed by atoms with Gasteiger partial charge < -0.3 is 9.84 Å². The zero-order valence-electron chi connectivity index (χ0n) is 22.7. The Hall–Kier alpha value is -4.39. The average molecular weight is 511 g/mol. The molecule has 0 radical (unpaired) electrons. The highest BCUT2D eigenvalue weighted by Gasteiger charge is 2.18. The highest BCUT2D eigenvalue weighted by Crippen LogP contribution is 2.25. The van der Waals surface area contributed by atoms with Crippen molar-refractivity contribution in [1.29, 1.82) is 0 Å². The van der Waals surface area contributed by atoms with E-state index in [9.17, 15) is 9.90 Å². The maximum atomic E-state index is 13.3. The first-order valence-corrected chi connectivity index (χ1v) is 12.5. The van der Waals surface area contributed by atoms with Crippen LogP contribution in [0.4, 0.5) is 0 Å². The molecular formula is C31H34N4O3. The second kappa shape index (κ2) is 10.9. The zero-order chi connectivity index (χ0) is 27.4. The van der Waals surface area contributed by atoms with Gasteiger partial charge in [-0.3, -0.25) is 9.48 Å². The summed E-state index contributed by atoms with van der Waals surface area (Å²) in [6, 6.07) is 22.9. The Labute approximate surface area is 223 Å². The molecule has 4 rings (SSSR count). The molecule has 2 N–H and O–H groups in total. The summed E-state index contributed by atoms with van der Waals surface area (Å²) in [4.78, 5) is 13.3. The standard InChI is InChI=1S/C31H34N4O3/c1-20-7-16-29(36)26(17-20)21(2)32-33-30(37)28-18-27(23-10-14-25(38-6)15-11-23)34-35(28)19-22-8-12-24(13-9-22)31(3,4)5/h7-18,36H,19H2,1-6H3,(H,33,37)/b32-21+. The predicted molar refractivity (Wildman–Crippen MR) is 151 cm³/mol. The number of nitrogens with one attached hydrogen (secondary N) is 1. The lowest BCUT2D eigenvalue weighted by molar-refractivity contribution is 0.0944. The number of methoxy groups -OCH3 is 1. The van der Waals surface area contributed by atoms with Crippen LogP contribution in [-0.4, -0.2) is 33.6 Å². The van der Waals surface area contributed by atoms with Gasteiger partial charge in [0.25, 0.3) is 5.91 Å². The van der Waals surface area contributed by atoms with E-state index in [2.05, 4.69) is 55.6 Å². The number of phenolic OH excluding ortho intramolecular Hbond substituents is 1. The van der Waals surface area contributed by atoms with Crippen LogP contribution < -0.4 is 10.2 Å². The number of benzene rings is 3. The number of carbonyl (C=O) groups excluding carboxylic acids is 1. The summed E-state index contributed by atoms with van der Waals surface area (Å²) in [6.07, 6.45) is 0. The minimum atomic E-state index is -0.393. The van der Waals surface area contributed by atoms with Crippen molar-refractivity contribution in [3.8, 4) is 22.8 Å². The summed E-state index contributed by atoms with van der Waals surface area (Å²) in [6.45, 7) is 10.6. The van der Waals surface area contributed by atoms with Gasteiger partial charge in [-0.05, 0) is 72.9 Å². The van der Waals surface area contributed by atoms with Gasteiger partial charge in [-0.2, -0.15) is 10.2 Å². The molecule has 0 bridgehead atoms. The van der Waals surface area contributed by atoms with Crippen LogP contribution >= 0.6 is 0 Å². The van der Waals surface area contributed by atoms with E-state index in [0.717, 1.165) is 22.4 Å².